The highest BCUT2D eigenvalue weighted by Crippen LogP contribution is 2.01. The third-order valence-electron chi connectivity index (χ3n) is 2.72. The maximum atomic E-state index is 11.2. The molecule has 2 N–H and O–H groups in total. The minimum atomic E-state index is -1.01. The summed E-state index contributed by atoms with van der Waals surface area (Å²) in [7, 11) is 0. The van der Waals surface area contributed by atoms with Gasteiger partial charge in [-0.15, -0.1) is 0 Å². The van der Waals surface area contributed by atoms with Crippen LogP contribution in [0.3, 0.4) is 0 Å². The Bertz CT molecular complexity index is 435. The minimum absolute atomic E-state index is 0.0348. The lowest BCUT2D eigenvalue weighted by Crippen LogP contribution is -2.41. The fraction of sp³-hybridized carbons (Fsp3) is 0.467. The first-order valence-corrected chi connectivity index (χ1v) is 6.87. The summed E-state index contributed by atoms with van der Waals surface area (Å²) < 4.78 is 10.2. The third kappa shape index (κ3) is 7.43. The third-order valence-corrected chi connectivity index (χ3v) is 2.72. The van der Waals surface area contributed by atoms with Crippen LogP contribution in [0.1, 0.15) is 18.9 Å². The molecule has 1 aromatic carbocycles. The van der Waals surface area contributed by atoms with Crippen LogP contribution in [0.4, 0.5) is 0 Å². The molecule has 0 aromatic heterocycles. The number of rotatable bonds is 10. The second kappa shape index (κ2) is 9.90. The summed E-state index contributed by atoms with van der Waals surface area (Å²) in [5.41, 5.74) is 0.980. The second-order valence-electron chi connectivity index (χ2n) is 4.40. The van der Waals surface area contributed by atoms with Crippen LogP contribution in [0.25, 0.3) is 0 Å². The first-order chi connectivity index (χ1) is 10.1. The Kier molecular flexibility index (Phi) is 8.08. The highest BCUT2D eigenvalue weighted by molar-refractivity contribution is 5.74. The maximum Gasteiger partial charge on any atom is 0.323 e. The van der Waals surface area contributed by atoms with Crippen LogP contribution in [0.15, 0.2) is 30.3 Å². The van der Waals surface area contributed by atoms with Gasteiger partial charge in [0.1, 0.15) is 6.04 Å². The van der Waals surface area contributed by atoms with Gasteiger partial charge in [-0.1, -0.05) is 30.3 Å². The van der Waals surface area contributed by atoms with E-state index in [0.717, 1.165) is 5.56 Å². The summed E-state index contributed by atoms with van der Waals surface area (Å²) in [5, 5.41) is 11.8. The molecule has 0 aliphatic rings. The number of benzene rings is 1. The summed E-state index contributed by atoms with van der Waals surface area (Å²) in [6, 6.07) is 8.66. The van der Waals surface area contributed by atoms with Crippen LogP contribution in [0.5, 0.6) is 0 Å². The number of carbonyl (C=O) groups excluding carboxylic acids is 1. The fourth-order valence-electron chi connectivity index (χ4n) is 1.67. The first-order valence-electron chi connectivity index (χ1n) is 6.87. The molecule has 0 saturated heterocycles. The van der Waals surface area contributed by atoms with Crippen LogP contribution >= 0.6 is 0 Å². The summed E-state index contributed by atoms with van der Waals surface area (Å²) in [6.07, 6.45) is 0.135. The van der Waals surface area contributed by atoms with Crippen molar-refractivity contribution in [3.8, 4) is 0 Å². The smallest absolute Gasteiger partial charge is 0.323 e. The quantitative estimate of drug-likeness (QED) is 0.631. The van der Waals surface area contributed by atoms with Crippen LogP contribution in [-0.2, 0) is 25.7 Å². The number of carboxylic acids is 1. The van der Waals surface area contributed by atoms with Crippen molar-refractivity contribution in [2.24, 2.45) is 0 Å². The molecule has 0 spiro atoms. The van der Waals surface area contributed by atoms with E-state index in [1.807, 2.05) is 30.3 Å². The van der Waals surface area contributed by atoms with Crippen molar-refractivity contribution in [2.45, 2.75) is 26.0 Å². The van der Waals surface area contributed by atoms with E-state index < -0.39 is 12.0 Å². The molecule has 6 heteroatoms. The van der Waals surface area contributed by atoms with Gasteiger partial charge in [0.2, 0.25) is 0 Å². The lowest BCUT2D eigenvalue weighted by atomic mass is 10.2. The summed E-state index contributed by atoms with van der Waals surface area (Å²) in [5.74, 6) is -1.36. The molecule has 0 amide bonds. The molecule has 1 atom stereocenters. The van der Waals surface area contributed by atoms with E-state index in [-0.39, 0.29) is 25.5 Å². The van der Waals surface area contributed by atoms with E-state index in [4.69, 9.17) is 14.6 Å². The number of carbonyl (C=O) groups is 2. The van der Waals surface area contributed by atoms with E-state index in [0.29, 0.717) is 13.2 Å². The summed E-state index contributed by atoms with van der Waals surface area (Å²) in [6.45, 7) is 2.67. The average molecular weight is 295 g/mol. The summed E-state index contributed by atoms with van der Waals surface area (Å²) >= 11 is 0. The summed E-state index contributed by atoms with van der Waals surface area (Å²) in [4.78, 5) is 22.2. The monoisotopic (exact) mass is 295 g/mol. The number of hydrogen-bond acceptors (Lipinski definition) is 5. The largest absolute Gasteiger partial charge is 0.480 e. The standard InChI is InChI=1S/C15H21NO5/c1-2-21-14(17)8-9-16-13(15(18)19)11-20-10-12-6-4-3-5-7-12/h3-7,13,16H,2,8-11H2,1H3,(H,18,19)/t13-/m0/s1. The van der Waals surface area contributed by atoms with Crippen LogP contribution in [-0.4, -0.2) is 42.8 Å². The van der Waals surface area contributed by atoms with Gasteiger partial charge in [-0.05, 0) is 12.5 Å². The predicted molar refractivity (Wildman–Crippen MR) is 76.8 cm³/mol. The van der Waals surface area contributed by atoms with Gasteiger partial charge < -0.3 is 19.9 Å². The van der Waals surface area contributed by atoms with Crippen LogP contribution in [0, 0.1) is 0 Å². The molecular formula is C15H21NO5. The first kappa shape index (κ1) is 17.1. The van der Waals surface area contributed by atoms with E-state index in [1.54, 1.807) is 6.92 Å². The Morgan fingerprint density at radius 3 is 2.62 bits per heavy atom. The minimum Gasteiger partial charge on any atom is -0.480 e. The predicted octanol–water partition coefficient (Wildman–Crippen LogP) is 1.20. The lowest BCUT2D eigenvalue weighted by molar-refractivity contribution is -0.144. The van der Waals surface area contributed by atoms with Crippen molar-refractivity contribution in [3.63, 3.8) is 0 Å². The molecule has 21 heavy (non-hydrogen) atoms. The van der Waals surface area contributed by atoms with E-state index in [2.05, 4.69) is 5.32 Å². The number of nitrogens with one attached hydrogen (secondary N) is 1. The van der Waals surface area contributed by atoms with Gasteiger partial charge in [0.25, 0.3) is 0 Å². The molecule has 1 aromatic rings. The van der Waals surface area contributed by atoms with Crippen molar-refractivity contribution < 1.29 is 24.2 Å². The van der Waals surface area contributed by atoms with E-state index in [9.17, 15) is 9.59 Å². The zero-order chi connectivity index (χ0) is 15.5. The normalized spacial score (nSPS) is 11.9. The van der Waals surface area contributed by atoms with Crippen molar-refractivity contribution in [3.05, 3.63) is 35.9 Å². The van der Waals surface area contributed by atoms with Gasteiger partial charge in [-0.2, -0.15) is 0 Å². The molecule has 0 bridgehead atoms. The molecule has 0 aliphatic carbocycles. The Hall–Kier alpha value is -1.92. The van der Waals surface area contributed by atoms with Gasteiger partial charge in [0, 0.05) is 6.54 Å². The number of carboxylic acid groups (broad SMARTS) is 1. The zero-order valence-electron chi connectivity index (χ0n) is 12.1. The van der Waals surface area contributed by atoms with Crippen molar-refractivity contribution in [2.75, 3.05) is 19.8 Å². The van der Waals surface area contributed by atoms with E-state index in [1.165, 1.54) is 0 Å². The zero-order valence-corrected chi connectivity index (χ0v) is 12.1. The molecular weight excluding hydrogens is 274 g/mol. The second-order valence-corrected chi connectivity index (χ2v) is 4.40. The molecule has 0 radical (unpaired) electrons. The molecule has 6 nitrogen and oxygen atoms in total. The van der Waals surface area contributed by atoms with Crippen molar-refractivity contribution >= 4 is 11.9 Å². The number of ether oxygens (including phenoxy) is 2. The molecule has 1 rings (SSSR count). The Labute approximate surface area is 124 Å². The van der Waals surface area contributed by atoms with Gasteiger partial charge in [-0.3, -0.25) is 9.59 Å². The molecule has 0 heterocycles. The van der Waals surface area contributed by atoms with Crippen LogP contribution < -0.4 is 5.32 Å². The molecule has 0 unspecified atom stereocenters. The van der Waals surface area contributed by atoms with Gasteiger partial charge in [0.15, 0.2) is 0 Å². The number of esters is 1. The molecule has 0 aliphatic heterocycles. The van der Waals surface area contributed by atoms with Crippen molar-refractivity contribution in [1.29, 1.82) is 0 Å². The lowest BCUT2D eigenvalue weighted by Gasteiger charge is -2.14. The SMILES string of the molecule is CCOC(=O)CCN[C@@H](COCc1ccccc1)C(=O)O. The number of hydrogen-bond donors (Lipinski definition) is 2. The van der Waals surface area contributed by atoms with Gasteiger partial charge in [-0.25, -0.2) is 0 Å². The topological polar surface area (TPSA) is 84.9 Å². The Morgan fingerprint density at radius 1 is 1.29 bits per heavy atom. The highest BCUT2D eigenvalue weighted by atomic mass is 16.5. The fourth-order valence-corrected chi connectivity index (χ4v) is 1.67. The van der Waals surface area contributed by atoms with Gasteiger partial charge in [0.05, 0.1) is 26.2 Å². The molecule has 116 valence electrons. The number of aliphatic carboxylic acids is 1. The average Bonchev–Trinajstić information content (AvgIpc) is 2.47. The van der Waals surface area contributed by atoms with Crippen LogP contribution in [0.2, 0.25) is 0 Å². The highest BCUT2D eigenvalue weighted by Gasteiger charge is 2.17. The van der Waals surface area contributed by atoms with Crippen molar-refractivity contribution in [1.82, 2.24) is 5.32 Å². The Morgan fingerprint density at radius 2 is 2.00 bits per heavy atom. The maximum absolute atomic E-state index is 11.2. The van der Waals surface area contributed by atoms with Gasteiger partial charge >= 0.3 is 11.9 Å². The molecule has 0 saturated carbocycles. The molecule has 0 fully saturated rings. The Balaban J connectivity index is 2.27. The van der Waals surface area contributed by atoms with E-state index >= 15 is 0 Å².